The minimum atomic E-state index is -0.833. The summed E-state index contributed by atoms with van der Waals surface area (Å²) in [6, 6.07) is 10.5. The molecule has 1 aliphatic rings. The van der Waals surface area contributed by atoms with E-state index in [4.69, 9.17) is 19.9 Å². The summed E-state index contributed by atoms with van der Waals surface area (Å²) in [5.74, 6) is 0.960. The summed E-state index contributed by atoms with van der Waals surface area (Å²) in [6.45, 7) is 9.29. The Morgan fingerprint density at radius 1 is 0.968 bits per heavy atom. The van der Waals surface area contributed by atoms with Gasteiger partial charge < -0.3 is 14.9 Å². The van der Waals surface area contributed by atoms with E-state index < -0.39 is 11.6 Å². The first-order chi connectivity index (χ1) is 14.6. The summed E-state index contributed by atoms with van der Waals surface area (Å²) in [4.78, 5) is 23.0. The lowest BCUT2D eigenvalue weighted by Crippen LogP contribution is -2.52. The number of rotatable bonds is 9. The number of carbonyl (C=O) groups is 1. The lowest BCUT2D eigenvalue weighted by Gasteiger charge is -2.34. The van der Waals surface area contributed by atoms with Crippen molar-refractivity contribution in [3.8, 4) is 0 Å². The smallest absolute Gasteiger partial charge is 0.300 e. The van der Waals surface area contributed by atoms with E-state index in [2.05, 4.69) is 74.2 Å². The lowest BCUT2D eigenvalue weighted by molar-refractivity contribution is -0.134. The van der Waals surface area contributed by atoms with E-state index in [1.54, 1.807) is 0 Å². The Hall–Kier alpha value is -2.57. The van der Waals surface area contributed by atoms with Crippen LogP contribution >= 0.6 is 0 Å². The van der Waals surface area contributed by atoms with Crippen molar-refractivity contribution >= 4 is 17.9 Å². The fraction of sp³-hybridized carbons (Fsp3) is 0.625. The molecule has 174 valence electrons. The highest BCUT2D eigenvalue weighted by atomic mass is 16.4. The topological polar surface area (TPSA) is 80.5 Å². The number of aliphatic carboxylic acids is 1. The molecule has 7 nitrogen and oxygen atoms in total. The molecule has 2 N–H and O–H groups in total. The first-order valence-electron chi connectivity index (χ1n) is 11.3. The third-order valence-electron chi connectivity index (χ3n) is 4.82. The van der Waals surface area contributed by atoms with Crippen LogP contribution in [-0.4, -0.2) is 59.1 Å². The normalized spacial score (nSPS) is 14.4. The van der Waals surface area contributed by atoms with Crippen molar-refractivity contribution < 1.29 is 9.90 Å². The van der Waals surface area contributed by atoms with Gasteiger partial charge in [-0.2, -0.15) is 0 Å². The summed E-state index contributed by atoms with van der Waals surface area (Å²) in [7, 11) is 4.19. The zero-order valence-electron chi connectivity index (χ0n) is 20.2. The number of unbranched alkanes of at least 4 members (excludes halogenated alkanes) is 5. The molecule has 1 aromatic rings. The minimum Gasteiger partial charge on any atom is -0.481 e. The van der Waals surface area contributed by atoms with Crippen molar-refractivity contribution in [2.24, 2.45) is 9.98 Å². The van der Waals surface area contributed by atoms with Crippen LogP contribution < -0.4 is 5.32 Å². The molecule has 0 aromatic heterocycles. The van der Waals surface area contributed by atoms with Gasteiger partial charge in [0.25, 0.3) is 5.97 Å². The second kappa shape index (κ2) is 13.7. The highest BCUT2D eigenvalue weighted by Gasteiger charge is 2.26. The van der Waals surface area contributed by atoms with E-state index in [9.17, 15) is 0 Å². The van der Waals surface area contributed by atoms with Gasteiger partial charge in [-0.15, -0.1) is 0 Å². The Kier molecular flexibility index (Phi) is 11.7. The highest BCUT2D eigenvalue weighted by Crippen LogP contribution is 2.17. The van der Waals surface area contributed by atoms with Crippen LogP contribution in [0.1, 0.15) is 71.8 Å². The molecule has 0 unspecified atom stereocenters. The van der Waals surface area contributed by atoms with Crippen LogP contribution in [0.3, 0.4) is 0 Å². The fourth-order valence-corrected chi connectivity index (χ4v) is 3.23. The first-order valence-corrected chi connectivity index (χ1v) is 11.3. The molecule has 0 radical (unpaired) electrons. The van der Waals surface area contributed by atoms with E-state index >= 15 is 0 Å². The zero-order valence-corrected chi connectivity index (χ0v) is 20.2. The summed E-state index contributed by atoms with van der Waals surface area (Å²) in [5.41, 5.74) is 0.822. The SMILES string of the molecule is CC(=O)O.CCCCCCCCN(C)C1=NC(C)(C)N=C(N(C)Cc2ccccc2)N1. The summed E-state index contributed by atoms with van der Waals surface area (Å²) < 4.78 is 0. The van der Waals surface area contributed by atoms with Crippen molar-refractivity contribution in [3.05, 3.63) is 35.9 Å². The molecule has 1 aliphatic heterocycles. The molecule has 7 heteroatoms. The molecule has 0 amide bonds. The molecule has 0 bridgehead atoms. The summed E-state index contributed by atoms with van der Waals surface area (Å²) in [6.07, 6.45) is 7.83. The van der Waals surface area contributed by atoms with E-state index in [-0.39, 0.29) is 0 Å². The maximum atomic E-state index is 9.00. The van der Waals surface area contributed by atoms with Crippen LogP contribution in [0, 0.1) is 0 Å². The second-order valence-electron chi connectivity index (χ2n) is 8.54. The van der Waals surface area contributed by atoms with E-state index in [0.29, 0.717) is 0 Å². The van der Waals surface area contributed by atoms with Gasteiger partial charge in [0.2, 0.25) is 11.9 Å². The van der Waals surface area contributed by atoms with Gasteiger partial charge in [0.05, 0.1) is 0 Å². The first kappa shape index (κ1) is 26.5. The summed E-state index contributed by atoms with van der Waals surface area (Å²) in [5, 5.41) is 10.9. The van der Waals surface area contributed by atoms with Crippen molar-refractivity contribution in [1.29, 1.82) is 0 Å². The Bertz CT molecular complexity index is 712. The third kappa shape index (κ3) is 11.4. The average molecular weight is 432 g/mol. The predicted octanol–water partition coefficient (Wildman–Crippen LogP) is 4.55. The Labute approximate surface area is 188 Å². The summed E-state index contributed by atoms with van der Waals surface area (Å²) >= 11 is 0. The highest BCUT2D eigenvalue weighted by molar-refractivity contribution is 6.00. The van der Waals surface area contributed by atoms with E-state index in [1.165, 1.54) is 44.1 Å². The number of hydrogen-bond acceptors (Lipinski definition) is 6. The van der Waals surface area contributed by atoms with Gasteiger partial charge in [-0.3, -0.25) is 10.1 Å². The second-order valence-corrected chi connectivity index (χ2v) is 8.54. The lowest BCUT2D eigenvalue weighted by atomic mass is 10.1. The number of carboxylic acids is 1. The maximum Gasteiger partial charge on any atom is 0.300 e. The minimum absolute atomic E-state index is 0.448. The molecule has 2 rings (SSSR count). The molecule has 0 spiro atoms. The van der Waals surface area contributed by atoms with Crippen molar-refractivity contribution in [3.63, 3.8) is 0 Å². The van der Waals surface area contributed by atoms with Crippen LogP contribution in [0.4, 0.5) is 0 Å². The molecule has 1 aromatic carbocycles. The van der Waals surface area contributed by atoms with Gasteiger partial charge in [0, 0.05) is 34.1 Å². The number of nitrogens with zero attached hydrogens (tertiary/aromatic N) is 4. The number of hydrogen-bond donors (Lipinski definition) is 2. The Morgan fingerprint density at radius 2 is 1.48 bits per heavy atom. The molecular formula is C24H41N5O2. The number of aliphatic imine (C=N–C) groups is 2. The van der Waals surface area contributed by atoms with Gasteiger partial charge in [-0.1, -0.05) is 69.4 Å². The van der Waals surface area contributed by atoms with Crippen LogP contribution in [-0.2, 0) is 11.3 Å². The molecule has 0 fully saturated rings. The maximum absolute atomic E-state index is 9.00. The molecule has 0 saturated heterocycles. The van der Waals surface area contributed by atoms with Gasteiger partial charge in [-0.05, 0) is 25.8 Å². The van der Waals surface area contributed by atoms with Crippen LogP contribution in [0.5, 0.6) is 0 Å². The Morgan fingerprint density at radius 3 is 2.06 bits per heavy atom. The Balaban J connectivity index is 0.00000110. The van der Waals surface area contributed by atoms with E-state index in [0.717, 1.165) is 31.9 Å². The number of nitrogens with one attached hydrogen (secondary N) is 1. The van der Waals surface area contributed by atoms with Crippen LogP contribution in [0.25, 0.3) is 0 Å². The monoisotopic (exact) mass is 431 g/mol. The van der Waals surface area contributed by atoms with E-state index in [1.807, 2.05) is 6.07 Å². The molecule has 31 heavy (non-hydrogen) atoms. The predicted molar refractivity (Wildman–Crippen MR) is 129 cm³/mol. The third-order valence-corrected chi connectivity index (χ3v) is 4.82. The standard InChI is InChI=1S/C22H37N5.C2H4O2/c1-6-7-8-9-10-14-17-26(4)20-23-21(25-22(2,3)24-20)27(5)18-19-15-12-11-13-16-19;1-2(3)4/h11-13,15-16H,6-10,14,17-18H2,1-5H3,(H,23,24,25);1H3,(H,3,4). The molecule has 0 atom stereocenters. The van der Waals surface area contributed by atoms with Gasteiger partial charge >= 0.3 is 0 Å². The number of carboxylic acid groups (broad SMARTS) is 1. The van der Waals surface area contributed by atoms with Crippen molar-refractivity contribution in [2.45, 2.75) is 78.4 Å². The van der Waals surface area contributed by atoms with Gasteiger partial charge in [0.15, 0.2) is 5.66 Å². The van der Waals surface area contributed by atoms with Crippen LogP contribution in [0.15, 0.2) is 40.3 Å². The number of guanidine groups is 2. The molecule has 0 saturated carbocycles. The fourth-order valence-electron chi connectivity index (χ4n) is 3.23. The van der Waals surface area contributed by atoms with Crippen molar-refractivity contribution in [1.82, 2.24) is 15.1 Å². The molecular weight excluding hydrogens is 390 g/mol. The van der Waals surface area contributed by atoms with Gasteiger partial charge in [-0.25, -0.2) is 9.98 Å². The van der Waals surface area contributed by atoms with Gasteiger partial charge in [0.1, 0.15) is 0 Å². The molecule has 0 aliphatic carbocycles. The zero-order chi connectivity index (χ0) is 23.3. The van der Waals surface area contributed by atoms with Crippen molar-refractivity contribution in [2.75, 3.05) is 20.6 Å². The van der Waals surface area contributed by atoms with Crippen LogP contribution in [0.2, 0.25) is 0 Å². The quantitative estimate of drug-likeness (QED) is 0.561. The largest absolute Gasteiger partial charge is 0.481 e. The average Bonchev–Trinajstić information content (AvgIpc) is 2.69. The molecule has 1 heterocycles. The number of benzene rings is 1.